The molecule has 28 heavy (non-hydrogen) atoms. The second-order valence-corrected chi connectivity index (χ2v) is 6.66. The van der Waals surface area contributed by atoms with Gasteiger partial charge in [-0.1, -0.05) is 12.1 Å². The Morgan fingerprint density at radius 1 is 1.11 bits per heavy atom. The molecule has 0 spiro atoms. The first-order chi connectivity index (χ1) is 13.2. The topological polar surface area (TPSA) is 108 Å². The first kappa shape index (κ1) is 21.1. The molecule has 1 aromatic rings. The Balaban J connectivity index is 2.62. The lowest BCUT2D eigenvalue weighted by atomic mass is 9.80. The van der Waals surface area contributed by atoms with Crippen LogP contribution < -0.4 is 5.32 Å². The number of esters is 2. The van der Waals surface area contributed by atoms with E-state index in [-0.39, 0.29) is 29.5 Å². The zero-order chi connectivity index (χ0) is 21.0. The van der Waals surface area contributed by atoms with E-state index in [0.29, 0.717) is 17.0 Å². The molecule has 2 rings (SSSR count). The van der Waals surface area contributed by atoms with Crippen LogP contribution in [0.3, 0.4) is 0 Å². The van der Waals surface area contributed by atoms with E-state index in [1.807, 2.05) is 0 Å². The molecule has 0 aliphatic carbocycles. The SMILES string of the molecule is CCOC(=O)C1=C(C)NC(C)=C(C(=O)OC(C)C)[C@H]1c1ccc([N+](=O)[O-])cc1. The number of non-ortho nitro benzene ring substituents is 1. The van der Waals surface area contributed by atoms with E-state index < -0.39 is 22.8 Å². The van der Waals surface area contributed by atoms with Crippen molar-refractivity contribution in [2.24, 2.45) is 0 Å². The number of nitrogens with one attached hydrogen (secondary N) is 1. The van der Waals surface area contributed by atoms with Crippen LogP contribution in [0.5, 0.6) is 0 Å². The molecule has 8 heteroatoms. The van der Waals surface area contributed by atoms with Crippen LogP contribution in [0.4, 0.5) is 5.69 Å². The van der Waals surface area contributed by atoms with Crippen molar-refractivity contribution in [2.75, 3.05) is 6.61 Å². The number of carbonyl (C=O) groups excluding carboxylic acids is 2. The van der Waals surface area contributed by atoms with Crippen LogP contribution in [0, 0.1) is 10.1 Å². The second kappa shape index (κ2) is 8.69. The van der Waals surface area contributed by atoms with Crippen molar-refractivity contribution in [2.45, 2.75) is 46.6 Å². The van der Waals surface area contributed by atoms with Gasteiger partial charge in [-0.15, -0.1) is 0 Å². The average molecular weight is 388 g/mol. The van der Waals surface area contributed by atoms with E-state index >= 15 is 0 Å². The zero-order valence-corrected chi connectivity index (χ0v) is 16.6. The van der Waals surface area contributed by atoms with Gasteiger partial charge >= 0.3 is 11.9 Å². The Bertz CT molecular complexity index is 852. The summed E-state index contributed by atoms with van der Waals surface area (Å²) in [5.41, 5.74) is 2.14. The summed E-state index contributed by atoms with van der Waals surface area (Å²) in [5.74, 6) is -1.87. The third-order valence-electron chi connectivity index (χ3n) is 4.26. The maximum atomic E-state index is 12.8. The van der Waals surface area contributed by atoms with Gasteiger partial charge in [0, 0.05) is 23.5 Å². The van der Waals surface area contributed by atoms with E-state index in [2.05, 4.69) is 5.32 Å². The molecule has 0 saturated heterocycles. The highest BCUT2D eigenvalue weighted by atomic mass is 16.6. The molecule has 1 aromatic carbocycles. The molecule has 1 aliphatic rings. The van der Waals surface area contributed by atoms with Crippen molar-refractivity contribution in [3.8, 4) is 0 Å². The summed E-state index contributed by atoms with van der Waals surface area (Å²) in [6, 6.07) is 5.76. The van der Waals surface area contributed by atoms with Crippen molar-refractivity contribution in [1.82, 2.24) is 5.32 Å². The highest BCUT2D eigenvalue weighted by Crippen LogP contribution is 2.39. The van der Waals surface area contributed by atoms with Crippen LogP contribution in [0.2, 0.25) is 0 Å². The van der Waals surface area contributed by atoms with Gasteiger partial charge in [-0.25, -0.2) is 9.59 Å². The predicted octanol–water partition coefficient (Wildman–Crippen LogP) is 3.34. The minimum atomic E-state index is -0.757. The zero-order valence-electron chi connectivity index (χ0n) is 16.6. The minimum absolute atomic E-state index is 0.0805. The summed E-state index contributed by atoms with van der Waals surface area (Å²) >= 11 is 0. The maximum Gasteiger partial charge on any atom is 0.337 e. The molecule has 1 N–H and O–H groups in total. The van der Waals surface area contributed by atoms with Crippen molar-refractivity contribution in [1.29, 1.82) is 0 Å². The molecule has 8 nitrogen and oxygen atoms in total. The molecule has 150 valence electrons. The fraction of sp³-hybridized carbons (Fsp3) is 0.400. The van der Waals surface area contributed by atoms with Gasteiger partial charge in [0.15, 0.2) is 0 Å². The van der Waals surface area contributed by atoms with Gasteiger partial charge in [0.05, 0.1) is 34.7 Å². The van der Waals surface area contributed by atoms with Crippen molar-refractivity contribution >= 4 is 17.6 Å². The van der Waals surface area contributed by atoms with E-state index in [0.717, 1.165) is 0 Å². The maximum absolute atomic E-state index is 12.8. The first-order valence-corrected chi connectivity index (χ1v) is 8.98. The minimum Gasteiger partial charge on any atom is -0.463 e. The summed E-state index contributed by atoms with van der Waals surface area (Å²) in [6.45, 7) is 8.78. The first-order valence-electron chi connectivity index (χ1n) is 8.98. The Morgan fingerprint density at radius 3 is 2.11 bits per heavy atom. The van der Waals surface area contributed by atoms with Crippen LogP contribution in [0.1, 0.15) is 46.1 Å². The third-order valence-corrected chi connectivity index (χ3v) is 4.26. The summed E-state index contributed by atoms with van der Waals surface area (Å²) in [4.78, 5) is 35.9. The molecule has 0 aromatic heterocycles. The smallest absolute Gasteiger partial charge is 0.337 e. The van der Waals surface area contributed by atoms with Crippen LogP contribution in [0.15, 0.2) is 46.8 Å². The highest BCUT2D eigenvalue weighted by Gasteiger charge is 2.38. The number of nitro groups is 1. The number of hydrogen-bond acceptors (Lipinski definition) is 7. The molecule has 1 heterocycles. The molecular weight excluding hydrogens is 364 g/mol. The quantitative estimate of drug-likeness (QED) is 0.452. The van der Waals surface area contributed by atoms with Crippen molar-refractivity contribution in [3.63, 3.8) is 0 Å². The van der Waals surface area contributed by atoms with Crippen LogP contribution in [0.25, 0.3) is 0 Å². The van der Waals surface area contributed by atoms with Crippen molar-refractivity contribution < 1.29 is 24.0 Å². The van der Waals surface area contributed by atoms with Gasteiger partial charge in [-0.3, -0.25) is 10.1 Å². The number of allylic oxidation sites excluding steroid dienone is 2. The van der Waals surface area contributed by atoms with Gasteiger partial charge in [0.25, 0.3) is 5.69 Å². The molecule has 0 bridgehead atoms. The molecule has 0 unspecified atom stereocenters. The van der Waals surface area contributed by atoms with E-state index in [9.17, 15) is 19.7 Å². The summed E-state index contributed by atoms with van der Waals surface area (Å²) in [6.07, 6.45) is -0.344. The molecule has 0 fully saturated rings. The number of benzene rings is 1. The summed E-state index contributed by atoms with van der Waals surface area (Å²) in [5, 5.41) is 14.0. The van der Waals surface area contributed by atoms with E-state index in [4.69, 9.17) is 9.47 Å². The molecule has 0 saturated carbocycles. The van der Waals surface area contributed by atoms with Crippen molar-refractivity contribution in [3.05, 3.63) is 62.5 Å². The summed E-state index contributed by atoms with van der Waals surface area (Å²) < 4.78 is 10.6. The van der Waals surface area contributed by atoms with Gasteiger partial charge in [-0.2, -0.15) is 0 Å². The fourth-order valence-corrected chi connectivity index (χ4v) is 3.14. The number of carbonyl (C=O) groups is 2. The largest absolute Gasteiger partial charge is 0.463 e. The standard InChI is InChI=1S/C20H24N2O6/c1-6-27-19(23)16-12(4)21-13(5)17(20(24)28-11(2)3)18(16)14-7-9-15(10-8-14)22(25)26/h7-11,18,21H,6H2,1-5H3/t18-/m0/s1. The second-order valence-electron chi connectivity index (χ2n) is 6.66. The number of nitrogens with zero attached hydrogens (tertiary/aromatic N) is 1. The number of ether oxygens (including phenoxy) is 2. The number of rotatable bonds is 6. The van der Waals surface area contributed by atoms with Crippen LogP contribution in [-0.4, -0.2) is 29.6 Å². The number of hydrogen-bond donors (Lipinski definition) is 1. The molecular formula is C20H24N2O6. The molecule has 0 radical (unpaired) electrons. The van der Waals surface area contributed by atoms with Gasteiger partial charge < -0.3 is 14.8 Å². The Kier molecular flexibility index (Phi) is 6.56. The molecule has 1 aliphatic heterocycles. The number of nitro benzene ring substituents is 1. The average Bonchev–Trinajstić information content (AvgIpc) is 2.60. The molecule has 0 amide bonds. The normalized spacial score (nSPS) is 16.7. The third kappa shape index (κ3) is 4.39. The van der Waals surface area contributed by atoms with Gasteiger partial charge in [-0.05, 0) is 40.2 Å². The lowest BCUT2D eigenvalue weighted by molar-refractivity contribution is -0.384. The lowest BCUT2D eigenvalue weighted by Gasteiger charge is -2.30. The summed E-state index contributed by atoms with van der Waals surface area (Å²) in [7, 11) is 0. The Morgan fingerprint density at radius 2 is 1.64 bits per heavy atom. The van der Waals surface area contributed by atoms with E-state index in [1.165, 1.54) is 24.3 Å². The lowest BCUT2D eigenvalue weighted by Crippen LogP contribution is -2.33. The predicted molar refractivity (Wildman–Crippen MR) is 102 cm³/mol. The van der Waals surface area contributed by atoms with Gasteiger partial charge in [0.1, 0.15) is 0 Å². The van der Waals surface area contributed by atoms with Crippen LogP contribution in [-0.2, 0) is 19.1 Å². The number of dihydropyridines is 1. The monoisotopic (exact) mass is 388 g/mol. The van der Waals surface area contributed by atoms with Gasteiger partial charge in [0.2, 0.25) is 0 Å². The van der Waals surface area contributed by atoms with E-state index in [1.54, 1.807) is 34.6 Å². The Labute approximate surface area is 163 Å². The fourth-order valence-electron chi connectivity index (χ4n) is 3.14. The van der Waals surface area contributed by atoms with Crippen LogP contribution >= 0.6 is 0 Å². The highest BCUT2D eigenvalue weighted by molar-refractivity contribution is 5.99. The Hall–Kier alpha value is -3.16. The molecule has 1 atom stereocenters.